The van der Waals surface area contributed by atoms with Gasteiger partial charge in [0.1, 0.15) is 11.5 Å². The number of nitrogens with zero attached hydrogens (tertiary/aromatic N) is 4. The molecule has 5 rings (SSSR count). The van der Waals surface area contributed by atoms with Crippen LogP contribution in [0.25, 0.3) is 0 Å². The molecule has 0 radical (unpaired) electrons. The highest BCUT2D eigenvalue weighted by Gasteiger charge is 2.18. The molecule has 0 fully saturated rings. The Morgan fingerprint density at radius 1 is 0.382 bits per heavy atom. The zero-order chi connectivity index (χ0) is 48.0. The molecule has 5 aromatic carbocycles. The predicted octanol–water partition coefficient (Wildman–Crippen LogP) is 18.9. The maximum atomic E-state index is 13.1. The molecule has 0 aliphatic rings. The van der Waals surface area contributed by atoms with Gasteiger partial charge < -0.3 is 18.9 Å². The summed E-state index contributed by atoms with van der Waals surface area (Å²) in [5.41, 5.74) is 2.92. The van der Waals surface area contributed by atoms with E-state index < -0.39 is 11.9 Å². The molecule has 0 aliphatic carbocycles. The van der Waals surface area contributed by atoms with Gasteiger partial charge in [-0.15, -0.1) is 0 Å². The monoisotopic (exact) mass is 962 g/mol. The number of carbonyl (C=O) groups excluding carboxylic acids is 2. The lowest BCUT2D eigenvalue weighted by Crippen LogP contribution is -2.11. The van der Waals surface area contributed by atoms with E-state index in [2.05, 4.69) is 34.3 Å². The number of azo groups is 2. The van der Waals surface area contributed by atoms with Crippen molar-refractivity contribution in [3.8, 4) is 23.0 Å². The van der Waals surface area contributed by atoms with E-state index >= 15 is 0 Å². The molecule has 68 heavy (non-hydrogen) atoms. The summed E-state index contributed by atoms with van der Waals surface area (Å²) < 4.78 is 23.0. The zero-order valence-electron chi connectivity index (χ0n) is 39.9. The minimum Gasteiger partial charge on any atom is -0.494 e. The smallest absolute Gasteiger partial charge is 0.343 e. The third-order valence-electron chi connectivity index (χ3n) is 11.4. The topological polar surface area (TPSA) is 121 Å². The van der Waals surface area contributed by atoms with Crippen LogP contribution in [0.1, 0.15) is 163 Å². The van der Waals surface area contributed by atoms with E-state index in [0.29, 0.717) is 36.0 Å². The summed E-state index contributed by atoms with van der Waals surface area (Å²) >= 11 is 12.8. The van der Waals surface area contributed by atoms with Crippen LogP contribution in [0.3, 0.4) is 0 Å². The molecule has 10 nitrogen and oxygen atoms in total. The SMILES string of the molecule is CCCCCCCCCCCCOc1ccc(N=Nc2ccc(C(=O)Oc3cc(OC(=O)c4ccc(N=Nc5ccc(OCCCCCCCCCCCC)cc5)cc4)c(Cl)cc3Cl)cc2)cc1. The first kappa shape index (κ1) is 53.4. The first-order chi connectivity index (χ1) is 33.3. The van der Waals surface area contributed by atoms with Crippen LogP contribution >= 0.6 is 23.2 Å². The highest BCUT2D eigenvalue weighted by atomic mass is 35.5. The van der Waals surface area contributed by atoms with Crippen LogP contribution in [-0.4, -0.2) is 25.2 Å². The molecule has 5 aromatic rings. The summed E-state index contributed by atoms with van der Waals surface area (Å²) in [6, 6.07) is 30.5. The van der Waals surface area contributed by atoms with E-state index in [0.717, 1.165) is 24.3 Å². The van der Waals surface area contributed by atoms with Crippen LogP contribution in [0, 0.1) is 0 Å². The largest absolute Gasteiger partial charge is 0.494 e. The predicted molar refractivity (Wildman–Crippen MR) is 275 cm³/mol. The van der Waals surface area contributed by atoms with Gasteiger partial charge >= 0.3 is 11.9 Å². The summed E-state index contributed by atoms with van der Waals surface area (Å²) in [6.07, 6.45) is 25.7. The van der Waals surface area contributed by atoms with Crippen molar-refractivity contribution in [2.75, 3.05) is 13.2 Å². The molecule has 0 aromatic heterocycles. The maximum absolute atomic E-state index is 13.1. The van der Waals surface area contributed by atoms with Gasteiger partial charge in [0.15, 0.2) is 11.5 Å². The quantitative estimate of drug-likeness (QED) is 0.0183. The van der Waals surface area contributed by atoms with E-state index in [1.807, 2.05) is 48.5 Å². The van der Waals surface area contributed by atoms with Crippen LogP contribution in [0.4, 0.5) is 22.7 Å². The fourth-order valence-electron chi connectivity index (χ4n) is 7.32. The van der Waals surface area contributed by atoms with Crippen molar-refractivity contribution in [2.45, 2.75) is 142 Å². The second-order valence-corrected chi connectivity index (χ2v) is 17.8. The number of carbonyl (C=O) groups is 2. The highest BCUT2D eigenvalue weighted by Crippen LogP contribution is 2.37. The molecule has 0 saturated heterocycles. The Balaban J connectivity index is 1.01. The van der Waals surface area contributed by atoms with Gasteiger partial charge in [-0.1, -0.05) is 153 Å². The average Bonchev–Trinajstić information content (AvgIpc) is 3.36. The Hall–Kier alpha value is -5.58. The Morgan fingerprint density at radius 3 is 0.971 bits per heavy atom. The van der Waals surface area contributed by atoms with Crippen molar-refractivity contribution in [1.82, 2.24) is 0 Å². The molecule has 0 amide bonds. The molecule has 362 valence electrons. The first-order valence-corrected chi connectivity index (χ1v) is 25.5. The number of ether oxygens (including phenoxy) is 4. The van der Waals surface area contributed by atoms with Gasteiger partial charge in [-0.2, -0.15) is 20.5 Å². The zero-order valence-corrected chi connectivity index (χ0v) is 41.5. The maximum Gasteiger partial charge on any atom is 0.343 e. The summed E-state index contributed by atoms with van der Waals surface area (Å²) in [7, 11) is 0. The number of rotatable bonds is 32. The van der Waals surface area contributed by atoms with Gasteiger partial charge in [0, 0.05) is 6.07 Å². The lowest BCUT2D eigenvalue weighted by molar-refractivity contribution is 0.0733. The van der Waals surface area contributed by atoms with Gasteiger partial charge in [-0.25, -0.2) is 9.59 Å². The Morgan fingerprint density at radius 2 is 0.662 bits per heavy atom. The van der Waals surface area contributed by atoms with Crippen molar-refractivity contribution in [2.24, 2.45) is 20.5 Å². The lowest BCUT2D eigenvalue weighted by atomic mass is 10.1. The van der Waals surface area contributed by atoms with E-state index in [-0.39, 0.29) is 32.7 Å². The van der Waals surface area contributed by atoms with Gasteiger partial charge in [0.05, 0.1) is 57.1 Å². The van der Waals surface area contributed by atoms with Gasteiger partial charge in [-0.05, 0) is 116 Å². The summed E-state index contributed by atoms with van der Waals surface area (Å²) in [5, 5.41) is 17.3. The van der Waals surface area contributed by atoms with Crippen LogP contribution in [0.5, 0.6) is 23.0 Å². The number of halogens is 2. The van der Waals surface area contributed by atoms with Crippen molar-refractivity contribution in [1.29, 1.82) is 0 Å². The molecule has 0 unspecified atom stereocenters. The average molecular weight is 964 g/mol. The molecule has 0 atom stereocenters. The Kier molecular flexibility index (Phi) is 24.7. The second-order valence-electron chi connectivity index (χ2n) is 17.0. The van der Waals surface area contributed by atoms with E-state index in [4.69, 9.17) is 42.1 Å². The molecule has 0 saturated carbocycles. The first-order valence-electron chi connectivity index (χ1n) is 24.7. The standard InChI is InChI=1S/C56H68Cl2N4O6/c1-3-5-7-9-11-13-15-17-19-21-39-65-49-35-31-47(32-36-49)61-59-45-27-23-43(24-28-45)55(63)67-53-42-54(52(58)41-51(53)57)68-56(64)44-25-29-46(30-26-44)60-62-48-33-37-50(38-34-48)66-40-22-20-18-16-14-12-10-8-6-4-2/h23-38,41-42H,3-22,39-40H2,1-2H3. The molecule has 0 spiro atoms. The number of esters is 2. The van der Waals surface area contributed by atoms with Crippen molar-refractivity contribution in [3.63, 3.8) is 0 Å². The molecular formula is C56H68Cl2N4O6. The van der Waals surface area contributed by atoms with E-state index in [1.54, 1.807) is 48.5 Å². The van der Waals surface area contributed by atoms with Crippen LogP contribution in [0.2, 0.25) is 10.0 Å². The van der Waals surface area contributed by atoms with Crippen molar-refractivity contribution < 1.29 is 28.5 Å². The van der Waals surface area contributed by atoms with Gasteiger partial charge in [-0.3, -0.25) is 0 Å². The second kappa shape index (κ2) is 31.5. The van der Waals surface area contributed by atoms with Gasteiger partial charge in [0.25, 0.3) is 0 Å². The van der Waals surface area contributed by atoms with Crippen LogP contribution < -0.4 is 18.9 Å². The number of unbranched alkanes of at least 4 members (excludes halogenated alkanes) is 18. The summed E-state index contributed by atoms with van der Waals surface area (Å²) in [6.45, 7) is 5.90. The third-order valence-corrected chi connectivity index (χ3v) is 12.0. The number of hydrogen-bond donors (Lipinski definition) is 0. The molecule has 0 heterocycles. The van der Waals surface area contributed by atoms with Crippen LogP contribution in [0.15, 0.2) is 130 Å². The van der Waals surface area contributed by atoms with Crippen LogP contribution in [-0.2, 0) is 0 Å². The molecular weight excluding hydrogens is 896 g/mol. The van der Waals surface area contributed by atoms with Crippen molar-refractivity contribution in [3.05, 3.63) is 130 Å². The normalized spacial score (nSPS) is 11.4. The fraction of sp³-hybridized carbons (Fsp3) is 0.429. The summed E-state index contributed by atoms with van der Waals surface area (Å²) in [5.74, 6) is 0.170. The summed E-state index contributed by atoms with van der Waals surface area (Å²) in [4.78, 5) is 26.2. The van der Waals surface area contributed by atoms with E-state index in [9.17, 15) is 9.59 Å². The Labute approximate surface area is 413 Å². The molecule has 0 N–H and O–H groups in total. The number of benzene rings is 5. The van der Waals surface area contributed by atoms with Gasteiger partial charge in [0.2, 0.25) is 0 Å². The minimum absolute atomic E-state index is 0.0343. The molecule has 0 bridgehead atoms. The fourth-order valence-corrected chi connectivity index (χ4v) is 7.78. The Bertz CT molecular complexity index is 2130. The molecule has 12 heteroatoms. The van der Waals surface area contributed by atoms with E-state index in [1.165, 1.54) is 128 Å². The third kappa shape index (κ3) is 20.3. The highest BCUT2D eigenvalue weighted by molar-refractivity contribution is 6.36. The van der Waals surface area contributed by atoms with Crippen molar-refractivity contribution >= 4 is 57.9 Å². The lowest BCUT2D eigenvalue weighted by Gasteiger charge is -2.11. The number of hydrogen-bond acceptors (Lipinski definition) is 10. The minimum atomic E-state index is -0.683. The molecule has 0 aliphatic heterocycles.